The van der Waals surface area contributed by atoms with E-state index in [9.17, 15) is 4.79 Å². The Labute approximate surface area is 105 Å². The van der Waals surface area contributed by atoms with Crippen molar-refractivity contribution in [3.63, 3.8) is 0 Å². The number of likely N-dealkylation sites (tertiary alicyclic amines) is 1. The molecule has 17 heavy (non-hydrogen) atoms. The molecule has 0 aromatic rings. The molecule has 0 unspecified atom stereocenters. The molecule has 98 valence electrons. The van der Waals surface area contributed by atoms with Crippen molar-refractivity contribution in [1.29, 1.82) is 0 Å². The van der Waals surface area contributed by atoms with E-state index in [1.807, 2.05) is 11.9 Å². The summed E-state index contributed by atoms with van der Waals surface area (Å²) in [7, 11) is 1.92. The molecule has 0 bridgehead atoms. The summed E-state index contributed by atoms with van der Waals surface area (Å²) in [6.45, 7) is 3.41. The van der Waals surface area contributed by atoms with Gasteiger partial charge in [0, 0.05) is 19.1 Å². The van der Waals surface area contributed by atoms with E-state index >= 15 is 0 Å². The minimum absolute atomic E-state index is 0.300. The van der Waals surface area contributed by atoms with Crippen LogP contribution in [-0.4, -0.2) is 48.4 Å². The molecule has 2 fully saturated rings. The van der Waals surface area contributed by atoms with Crippen LogP contribution >= 0.6 is 0 Å². The van der Waals surface area contributed by atoms with Crippen LogP contribution in [0.5, 0.6) is 0 Å². The fourth-order valence-corrected chi connectivity index (χ4v) is 3.65. The van der Waals surface area contributed by atoms with E-state index in [1.54, 1.807) is 0 Å². The summed E-state index contributed by atoms with van der Waals surface area (Å²) < 4.78 is 0. The maximum atomic E-state index is 10.9. The molecule has 1 saturated heterocycles. The molecule has 0 radical (unpaired) electrons. The number of likely N-dealkylation sites (N-methyl/N-ethyl adjacent to an activating group) is 1. The largest absolute Gasteiger partial charge is 0.346 e. The van der Waals surface area contributed by atoms with E-state index in [0.29, 0.717) is 5.54 Å². The standard InChI is InChI=1S/C14H26N2O/c1-15(13-17)12-14(8-4-2-5-9-14)16-10-6-3-7-11-16/h13H,2-12H2,1H3. The Balaban J connectivity index is 2.06. The van der Waals surface area contributed by atoms with Crippen LogP contribution < -0.4 is 0 Å². The lowest BCUT2D eigenvalue weighted by Crippen LogP contribution is -2.57. The highest BCUT2D eigenvalue weighted by molar-refractivity contribution is 5.46. The predicted molar refractivity (Wildman–Crippen MR) is 69.9 cm³/mol. The highest BCUT2D eigenvalue weighted by Gasteiger charge is 2.38. The van der Waals surface area contributed by atoms with Gasteiger partial charge in [-0.05, 0) is 38.8 Å². The summed E-state index contributed by atoms with van der Waals surface area (Å²) >= 11 is 0. The number of carbonyl (C=O) groups excluding carboxylic acids is 1. The van der Waals surface area contributed by atoms with Crippen LogP contribution in [0.2, 0.25) is 0 Å². The average molecular weight is 238 g/mol. The Morgan fingerprint density at radius 3 is 2.24 bits per heavy atom. The summed E-state index contributed by atoms with van der Waals surface area (Å²) in [6.07, 6.45) is 11.7. The molecular weight excluding hydrogens is 212 g/mol. The predicted octanol–water partition coefficient (Wildman–Crippen LogP) is 2.26. The molecule has 1 aliphatic carbocycles. The van der Waals surface area contributed by atoms with Gasteiger partial charge >= 0.3 is 0 Å². The SMILES string of the molecule is CN(C=O)CC1(N2CCCCC2)CCCCC1. The molecule has 1 saturated carbocycles. The van der Waals surface area contributed by atoms with Gasteiger partial charge in [-0.1, -0.05) is 25.7 Å². The summed E-state index contributed by atoms with van der Waals surface area (Å²) in [5, 5.41) is 0. The van der Waals surface area contributed by atoms with Crippen molar-refractivity contribution in [3.8, 4) is 0 Å². The molecule has 2 rings (SSSR count). The second kappa shape index (κ2) is 5.85. The number of rotatable bonds is 4. The zero-order chi connectivity index (χ0) is 12.1. The van der Waals surface area contributed by atoms with Crippen LogP contribution in [0.1, 0.15) is 51.4 Å². The highest BCUT2D eigenvalue weighted by atomic mass is 16.1. The first kappa shape index (κ1) is 12.9. The van der Waals surface area contributed by atoms with Crippen molar-refractivity contribution in [1.82, 2.24) is 9.80 Å². The Hall–Kier alpha value is -0.570. The van der Waals surface area contributed by atoms with Crippen molar-refractivity contribution in [2.45, 2.75) is 56.9 Å². The van der Waals surface area contributed by atoms with Crippen LogP contribution in [0.25, 0.3) is 0 Å². The number of hydrogen-bond acceptors (Lipinski definition) is 2. The quantitative estimate of drug-likeness (QED) is 0.701. The van der Waals surface area contributed by atoms with Gasteiger partial charge < -0.3 is 4.90 Å². The van der Waals surface area contributed by atoms with Gasteiger partial charge in [-0.15, -0.1) is 0 Å². The Kier molecular flexibility index (Phi) is 4.43. The third kappa shape index (κ3) is 3.01. The van der Waals surface area contributed by atoms with Gasteiger partial charge in [-0.25, -0.2) is 0 Å². The van der Waals surface area contributed by atoms with Gasteiger partial charge in [0.05, 0.1) is 0 Å². The number of hydrogen-bond donors (Lipinski definition) is 0. The topological polar surface area (TPSA) is 23.6 Å². The smallest absolute Gasteiger partial charge is 0.209 e. The van der Waals surface area contributed by atoms with E-state index < -0.39 is 0 Å². The molecule has 0 aromatic heterocycles. The van der Waals surface area contributed by atoms with E-state index in [0.717, 1.165) is 13.0 Å². The lowest BCUT2D eigenvalue weighted by atomic mass is 9.79. The summed E-state index contributed by atoms with van der Waals surface area (Å²) in [4.78, 5) is 15.4. The lowest BCUT2D eigenvalue weighted by molar-refractivity contribution is -0.119. The van der Waals surface area contributed by atoms with E-state index in [4.69, 9.17) is 0 Å². The van der Waals surface area contributed by atoms with Gasteiger partial charge in [-0.2, -0.15) is 0 Å². The van der Waals surface area contributed by atoms with Crippen LogP contribution in [-0.2, 0) is 4.79 Å². The van der Waals surface area contributed by atoms with E-state index in [2.05, 4.69) is 4.90 Å². The van der Waals surface area contributed by atoms with Gasteiger partial charge in [0.15, 0.2) is 0 Å². The third-order valence-corrected chi connectivity index (χ3v) is 4.53. The first-order chi connectivity index (χ1) is 8.27. The molecule has 0 atom stereocenters. The minimum atomic E-state index is 0.300. The minimum Gasteiger partial charge on any atom is -0.346 e. The van der Waals surface area contributed by atoms with Crippen molar-refractivity contribution in [2.75, 3.05) is 26.7 Å². The normalized spacial score (nSPS) is 25.5. The van der Waals surface area contributed by atoms with E-state index in [1.165, 1.54) is 64.5 Å². The summed E-state index contributed by atoms with van der Waals surface area (Å²) in [5.74, 6) is 0. The van der Waals surface area contributed by atoms with Crippen molar-refractivity contribution >= 4 is 6.41 Å². The van der Waals surface area contributed by atoms with Gasteiger partial charge in [0.2, 0.25) is 6.41 Å². The second-order valence-electron chi connectivity index (χ2n) is 5.85. The van der Waals surface area contributed by atoms with E-state index in [-0.39, 0.29) is 0 Å². The maximum Gasteiger partial charge on any atom is 0.209 e. The number of carbonyl (C=O) groups is 1. The Morgan fingerprint density at radius 2 is 1.65 bits per heavy atom. The highest BCUT2D eigenvalue weighted by Crippen LogP contribution is 2.35. The Bertz CT molecular complexity index is 243. The molecular formula is C14H26N2O. The summed E-state index contributed by atoms with van der Waals surface area (Å²) in [5.41, 5.74) is 0.300. The average Bonchev–Trinajstić information content (AvgIpc) is 2.40. The molecule has 3 nitrogen and oxygen atoms in total. The molecule has 1 aliphatic heterocycles. The molecule has 3 heteroatoms. The fourth-order valence-electron chi connectivity index (χ4n) is 3.65. The van der Waals surface area contributed by atoms with Gasteiger partial charge in [-0.3, -0.25) is 9.69 Å². The van der Waals surface area contributed by atoms with Crippen molar-refractivity contribution in [3.05, 3.63) is 0 Å². The van der Waals surface area contributed by atoms with Crippen LogP contribution in [0, 0.1) is 0 Å². The molecule has 1 heterocycles. The fraction of sp³-hybridized carbons (Fsp3) is 0.929. The van der Waals surface area contributed by atoms with Crippen molar-refractivity contribution in [2.24, 2.45) is 0 Å². The van der Waals surface area contributed by atoms with Crippen molar-refractivity contribution < 1.29 is 4.79 Å². The third-order valence-electron chi connectivity index (χ3n) is 4.53. The van der Waals surface area contributed by atoms with Crippen LogP contribution in [0.15, 0.2) is 0 Å². The van der Waals surface area contributed by atoms with Crippen LogP contribution in [0.4, 0.5) is 0 Å². The van der Waals surface area contributed by atoms with Gasteiger partial charge in [0.25, 0.3) is 0 Å². The zero-order valence-electron chi connectivity index (χ0n) is 11.2. The monoisotopic (exact) mass is 238 g/mol. The molecule has 0 spiro atoms. The lowest BCUT2D eigenvalue weighted by Gasteiger charge is -2.49. The molecule has 2 aliphatic rings. The number of piperidine rings is 1. The maximum absolute atomic E-state index is 10.9. The molecule has 1 amide bonds. The Morgan fingerprint density at radius 1 is 1.06 bits per heavy atom. The second-order valence-corrected chi connectivity index (χ2v) is 5.85. The zero-order valence-corrected chi connectivity index (χ0v) is 11.2. The number of amides is 1. The molecule has 0 N–H and O–H groups in total. The molecule has 0 aromatic carbocycles. The first-order valence-corrected chi connectivity index (χ1v) is 7.17. The van der Waals surface area contributed by atoms with Crippen LogP contribution in [0.3, 0.4) is 0 Å². The first-order valence-electron chi connectivity index (χ1n) is 7.17. The summed E-state index contributed by atoms with van der Waals surface area (Å²) in [6, 6.07) is 0. The van der Waals surface area contributed by atoms with Gasteiger partial charge in [0.1, 0.15) is 0 Å². The number of nitrogens with zero attached hydrogens (tertiary/aromatic N) is 2.